The zero-order valence-corrected chi connectivity index (χ0v) is 10.1. The van der Waals surface area contributed by atoms with Crippen LogP contribution in [0.1, 0.15) is 18.8 Å². The first-order valence-corrected chi connectivity index (χ1v) is 5.74. The molecule has 0 fully saturated rings. The minimum absolute atomic E-state index is 0.00775. The van der Waals surface area contributed by atoms with Crippen molar-refractivity contribution in [1.29, 1.82) is 0 Å². The van der Waals surface area contributed by atoms with Crippen molar-refractivity contribution in [2.75, 3.05) is 26.9 Å². The Morgan fingerprint density at radius 1 is 1.31 bits per heavy atom. The number of hydrogen-bond acceptors (Lipinski definition) is 6. The molecule has 1 unspecified atom stereocenters. The van der Waals surface area contributed by atoms with Gasteiger partial charge in [0.05, 0.1) is 18.8 Å². The van der Waals surface area contributed by atoms with Crippen molar-refractivity contribution >= 4 is 11.3 Å². The molecule has 1 heterocycles. The number of ether oxygens (including phenoxy) is 3. The van der Waals surface area contributed by atoms with Gasteiger partial charge in [0.25, 0.3) is 0 Å². The molecule has 92 valence electrons. The minimum atomic E-state index is -0.669. The summed E-state index contributed by atoms with van der Waals surface area (Å²) >= 11 is 0.882. The first kappa shape index (κ1) is 13.2. The number of rotatable bonds is 7. The van der Waals surface area contributed by atoms with Crippen LogP contribution in [0.3, 0.4) is 0 Å². The molecule has 0 saturated carbocycles. The molecule has 0 saturated heterocycles. The molecular weight excluding hydrogens is 232 g/mol. The molecule has 0 amide bonds. The Labute approximate surface area is 98.2 Å². The van der Waals surface area contributed by atoms with Gasteiger partial charge < -0.3 is 24.4 Å². The molecule has 0 aliphatic rings. The Kier molecular flexibility index (Phi) is 5.54. The van der Waals surface area contributed by atoms with E-state index in [2.05, 4.69) is 0 Å². The van der Waals surface area contributed by atoms with E-state index in [1.54, 1.807) is 7.11 Å². The van der Waals surface area contributed by atoms with Crippen molar-refractivity contribution in [1.82, 2.24) is 0 Å². The van der Waals surface area contributed by atoms with Crippen molar-refractivity contribution in [2.24, 2.45) is 0 Å². The highest BCUT2D eigenvalue weighted by atomic mass is 32.1. The summed E-state index contributed by atoms with van der Waals surface area (Å²) in [6.45, 7) is 3.08. The number of methoxy groups -OCH3 is 1. The van der Waals surface area contributed by atoms with Gasteiger partial charge in [-0.1, -0.05) is 11.3 Å². The van der Waals surface area contributed by atoms with E-state index < -0.39 is 6.29 Å². The van der Waals surface area contributed by atoms with E-state index in [0.29, 0.717) is 25.4 Å². The zero-order valence-electron chi connectivity index (χ0n) is 9.30. The van der Waals surface area contributed by atoms with Crippen LogP contribution < -0.4 is 0 Å². The average molecular weight is 248 g/mol. The van der Waals surface area contributed by atoms with Crippen LogP contribution in [-0.2, 0) is 14.2 Å². The molecule has 5 nitrogen and oxygen atoms in total. The Morgan fingerprint density at radius 3 is 2.56 bits per heavy atom. The summed E-state index contributed by atoms with van der Waals surface area (Å²) in [5.41, 5.74) is 0.445. The van der Waals surface area contributed by atoms with Crippen LogP contribution in [0.15, 0.2) is 6.07 Å². The molecule has 0 aliphatic heterocycles. The molecular formula is C10H16O5S. The smallest absolute Gasteiger partial charge is 0.188 e. The van der Waals surface area contributed by atoms with E-state index in [9.17, 15) is 10.2 Å². The quantitative estimate of drug-likeness (QED) is 0.569. The van der Waals surface area contributed by atoms with E-state index in [4.69, 9.17) is 14.2 Å². The van der Waals surface area contributed by atoms with Gasteiger partial charge >= 0.3 is 0 Å². The molecule has 0 spiro atoms. The van der Waals surface area contributed by atoms with Gasteiger partial charge in [0, 0.05) is 19.8 Å². The Balaban J connectivity index is 2.64. The van der Waals surface area contributed by atoms with Crippen LogP contribution in [0.25, 0.3) is 0 Å². The fourth-order valence-corrected chi connectivity index (χ4v) is 1.83. The topological polar surface area (TPSA) is 68.2 Å². The van der Waals surface area contributed by atoms with Gasteiger partial charge in [0.2, 0.25) is 0 Å². The van der Waals surface area contributed by atoms with Gasteiger partial charge in [-0.15, -0.1) is 0 Å². The van der Waals surface area contributed by atoms with Crippen LogP contribution in [0.4, 0.5) is 0 Å². The maximum atomic E-state index is 9.55. The van der Waals surface area contributed by atoms with E-state index >= 15 is 0 Å². The molecule has 0 bridgehead atoms. The van der Waals surface area contributed by atoms with Crippen LogP contribution >= 0.6 is 11.3 Å². The molecule has 1 rings (SSSR count). The van der Waals surface area contributed by atoms with Crippen molar-refractivity contribution in [3.05, 3.63) is 11.6 Å². The third kappa shape index (κ3) is 3.64. The molecule has 0 radical (unpaired) electrons. The van der Waals surface area contributed by atoms with Gasteiger partial charge in [-0.2, -0.15) is 0 Å². The number of thiophene rings is 1. The highest BCUT2D eigenvalue weighted by molar-refractivity contribution is 7.15. The highest BCUT2D eigenvalue weighted by Crippen LogP contribution is 2.39. The molecule has 1 atom stereocenters. The number of aromatic hydroxyl groups is 2. The van der Waals surface area contributed by atoms with Crippen LogP contribution in [0.2, 0.25) is 0 Å². The maximum Gasteiger partial charge on any atom is 0.188 e. The molecule has 1 aromatic rings. The van der Waals surface area contributed by atoms with E-state index in [1.165, 1.54) is 6.07 Å². The van der Waals surface area contributed by atoms with Gasteiger partial charge in [0.15, 0.2) is 16.4 Å². The largest absolute Gasteiger partial charge is 0.499 e. The number of hydrogen-bond donors (Lipinski definition) is 2. The molecule has 2 N–H and O–H groups in total. The zero-order chi connectivity index (χ0) is 12.0. The van der Waals surface area contributed by atoms with Crippen molar-refractivity contribution < 1.29 is 24.4 Å². The first-order valence-electron chi connectivity index (χ1n) is 4.92. The lowest BCUT2D eigenvalue weighted by Crippen LogP contribution is -2.11. The summed E-state index contributed by atoms with van der Waals surface area (Å²) in [6, 6.07) is 1.44. The van der Waals surface area contributed by atoms with Gasteiger partial charge in [-0.25, -0.2) is 0 Å². The molecule has 6 heteroatoms. The minimum Gasteiger partial charge on any atom is -0.499 e. The Hall–Kier alpha value is -0.820. The second-order valence-corrected chi connectivity index (χ2v) is 4.01. The van der Waals surface area contributed by atoms with Crippen LogP contribution in [-0.4, -0.2) is 37.1 Å². The lowest BCUT2D eigenvalue weighted by atomic mass is 10.3. The SMILES string of the molecule is CCOC(OCCOC)c1cc(O)sc1O. The summed E-state index contributed by atoms with van der Waals surface area (Å²) in [4.78, 5) is 0. The maximum absolute atomic E-state index is 9.55. The fraction of sp³-hybridized carbons (Fsp3) is 0.600. The van der Waals surface area contributed by atoms with E-state index in [0.717, 1.165) is 11.3 Å². The lowest BCUT2D eigenvalue weighted by molar-refractivity contribution is -0.151. The third-order valence-electron chi connectivity index (χ3n) is 1.86. The monoisotopic (exact) mass is 248 g/mol. The van der Waals surface area contributed by atoms with Crippen molar-refractivity contribution in [2.45, 2.75) is 13.2 Å². The average Bonchev–Trinajstić information content (AvgIpc) is 2.57. The summed E-state index contributed by atoms with van der Waals surface area (Å²) in [6.07, 6.45) is -0.669. The molecule has 0 aromatic carbocycles. The summed E-state index contributed by atoms with van der Waals surface area (Å²) in [7, 11) is 1.58. The molecule has 16 heavy (non-hydrogen) atoms. The standard InChI is InChI=1S/C10H16O5S/c1-3-14-10(15-5-4-13-2)7-6-8(11)16-9(7)12/h6,10-12H,3-5H2,1-2H3. The Morgan fingerprint density at radius 2 is 2.06 bits per heavy atom. The van der Waals surface area contributed by atoms with Crippen molar-refractivity contribution in [3.8, 4) is 10.1 Å². The van der Waals surface area contributed by atoms with Crippen molar-refractivity contribution in [3.63, 3.8) is 0 Å². The predicted octanol–water partition coefficient (Wildman–Crippen LogP) is 1.86. The van der Waals surface area contributed by atoms with Crippen LogP contribution in [0, 0.1) is 0 Å². The van der Waals surface area contributed by atoms with Gasteiger partial charge in [0.1, 0.15) is 0 Å². The second kappa shape index (κ2) is 6.70. The third-order valence-corrected chi connectivity index (χ3v) is 2.61. The van der Waals surface area contributed by atoms with E-state index in [1.807, 2.05) is 6.92 Å². The van der Waals surface area contributed by atoms with Crippen LogP contribution in [0.5, 0.6) is 10.1 Å². The summed E-state index contributed by atoms with van der Waals surface area (Å²) < 4.78 is 15.6. The fourth-order valence-electron chi connectivity index (χ4n) is 1.17. The summed E-state index contributed by atoms with van der Waals surface area (Å²) in [5.74, 6) is 0. The first-order chi connectivity index (χ1) is 7.69. The highest BCUT2D eigenvalue weighted by Gasteiger charge is 2.19. The molecule has 0 aliphatic carbocycles. The molecule has 1 aromatic heterocycles. The Bertz CT molecular complexity index is 312. The van der Waals surface area contributed by atoms with E-state index in [-0.39, 0.29) is 10.1 Å². The predicted molar refractivity (Wildman–Crippen MR) is 59.8 cm³/mol. The second-order valence-electron chi connectivity index (χ2n) is 3.00. The van der Waals surface area contributed by atoms with Gasteiger partial charge in [-0.05, 0) is 6.92 Å². The van der Waals surface area contributed by atoms with Gasteiger partial charge in [-0.3, -0.25) is 0 Å². The lowest BCUT2D eigenvalue weighted by Gasteiger charge is -2.16. The normalized spacial score (nSPS) is 12.9. The summed E-state index contributed by atoms with van der Waals surface area (Å²) in [5, 5.41) is 18.8.